The molecule has 1 aliphatic carbocycles. The molecule has 0 amide bonds. The summed E-state index contributed by atoms with van der Waals surface area (Å²) in [6.07, 6.45) is 5.45. The van der Waals surface area contributed by atoms with E-state index in [0.717, 1.165) is 43.5 Å². The molecule has 2 aliphatic rings. The molecule has 3 aromatic rings. The smallest absolute Gasteiger partial charge is 0.175 e. The Bertz CT molecular complexity index is 1320. The maximum Gasteiger partial charge on any atom is 0.175 e. The van der Waals surface area contributed by atoms with Gasteiger partial charge in [0, 0.05) is 32.8 Å². The molecule has 2 fully saturated rings. The van der Waals surface area contributed by atoms with Gasteiger partial charge in [0.05, 0.1) is 17.1 Å². The van der Waals surface area contributed by atoms with Gasteiger partial charge in [-0.25, -0.2) is 12.8 Å². The zero-order chi connectivity index (χ0) is 30.4. The van der Waals surface area contributed by atoms with Gasteiger partial charge < -0.3 is 10.1 Å². The van der Waals surface area contributed by atoms with Crippen molar-refractivity contribution in [1.82, 2.24) is 5.32 Å². The molecule has 1 heterocycles. The molecule has 0 radical (unpaired) electrons. The van der Waals surface area contributed by atoms with Crippen molar-refractivity contribution in [3.8, 4) is 5.75 Å². The van der Waals surface area contributed by atoms with Gasteiger partial charge >= 0.3 is 0 Å². The second-order valence-electron chi connectivity index (χ2n) is 9.97. The summed E-state index contributed by atoms with van der Waals surface area (Å²) in [4.78, 5) is 11.9. The third-order valence-electron chi connectivity index (χ3n) is 6.97. The van der Waals surface area contributed by atoms with Gasteiger partial charge in [0.2, 0.25) is 0 Å². The van der Waals surface area contributed by atoms with Crippen LogP contribution < -0.4 is 10.1 Å². The van der Waals surface area contributed by atoms with Crippen molar-refractivity contribution in [2.24, 2.45) is 5.92 Å². The lowest BCUT2D eigenvalue weighted by Crippen LogP contribution is -2.45. The Morgan fingerprint density at radius 2 is 1.54 bits per heavy atom. The molecule has 0 atom stereocenters. The number of hydrogen-bond acceptors (Lipinski definition) is 5. The van der Waals surface area contributed by atoms with Crippen LogP contribution in [0.15, 0.2) is 71.6 Å². The number of benzene rings is 3. The fourth-order valence-corrected chi connectivity index (χ4v) is 5.00. The minimum Gasteiger partial charge on any atom is -0.493 e. The molecule has 5 nitrogen and oxygen atoms in total. The minimum atomic E-state index is -3.09. The second-order valence-corrected chi connectivity index (χ2v) is 12.0. The van der Waals surface area contributed by atoms with Gasteiger partial charge in [-0.05, 0) is 67.0 Å². The molecule has 1 N–H and O–H groups in total. The third kappa shape index (κ3) is 10.4. The van der Waals surface area contributed by atoms with Crippen LogP contribution in [0.2, 0.25) is 0 Å². The van der Waals surface area contributed by atoms with Gasteiger partial charge in [0.1, 0.15) is 11.6 Å². The summed E-state index contributed by atoms with van der Waals surface area (Å²) in [6.45, 7) is 12.0. The highest BCUT2D eigenvalue weighted by molar-refractivity contribution is 7.90. The van der Waals surface area contributed by atoms with Gasteiger partial charge in [-0.3, -0.25) is 4.79 Å². The highest BCUT2D eigenvalue weighted by Crippen LogP contribution is 2.42. The lowest BCUT2D eigenvalue weighted by Gasteiger charge is -2.30. The molecule has 1 saturated heterocycles. The zero-order valence-electron chi connectivity index (χ0n) is 25.4. The molecule has 1 saturated carbocycles. The lowest BCUT2D eigenvalue weighted by atomic mass is 9.79. The van der Waals surface area contributed by atoms with Crippen molar-refractivity contribution in [2.75, 3.05) is 26.0 Å². The number of ketones is 1. The number of carbonyl (C=O) groups excluding carboxylic acids is 1. The first-order valence-corrected chi connectivity index (χ1v) is 16.6. The number of Topliss-reactive ketones (excluding diaryl/α,β-unsaturated/α-hetero) is 1. The van der Waals surface area contributed by atoms with Crippen molar-refractivity contribution < 1.29 is 23.8 Å². The SMILES string of the molecule is CC.CC.CC(=O)c1cc(C2CCC2)c(OCC2CNC2)cc1F.CS(=O)(=O)c1ccc(Cc2ccccc2)cc1.[HH]. The number of halogens is 1. The summed E-state index contributed by atoms with van der Waals surface area (Å²) in [5.74, 6) is 0.868. The first-order chi connectivity index (χ1) is 19.7. The van der Waals surface area contributed by atoms with Gasteiger partial charge in [-0.15, -0.1) is 0 Å². The Balaban J connectivity index is 0.000000372. The number of ether oxygens (including phenoxy) is 1. The van der Waals surface area contributed by atoms with Crippen LogP contribution in [-0.2, 0) is 16.3 Å². The molecular weight excluding hydrogens is 537 g/mol. The Kier molecular flexibility index (Phi) is 14.2. The fourth-order valence-electron chi connectivity index (χ4n) is 4.36. The summed E-state index contributed by atoms with van der Waals surface area (Å²) < 4.78 is 42.4. The van der Waals surface area contributed by atoms with E-state index >= 15 is 0 Å². The van der Waals surface area contributed by atoms with Crippen LogP contribution in [0.3, 0.4) is 0 Å². The molecule has 0 unspecified atom stereocenters. The molecular formula is C34H48FNO4S. The van der Waals surface area contributed by atoms with Crippen LogP contribution in [0.5, 0.6) is 5.75 Å². The molecule has 7 heteroatoms. The monoisotopic (exact) mass is 585 g/mol. The van der Waals surface area contributed by atoms with E-state index < -0.39 is 15.7 Å². The van der Waals surface area contributed by atoms with E-state index in [1.807, 2.05) is 58.0 Å². The van der Waals surface area contributed by atoms with Gasteiger partial charge in [-0.2, -0.15) is 0 Å². The standard InChI is InChI=1S/C16H20FNO2.C14H14O2S.2C2H6.H2/c1-10(19)13-5-14(12-3-2-4-12)16(6-15(13)17)20-9-11-7-18-8-11;1-17(15,16)14-9-7-13(8-10-14)11-12-5-3-2-4-6-12;2*1-2;/h5-6,11-12,18H,2-4,7-9H2,1H3;2-10H,11H2,1H3;2*1-2H3;1H. The predicted molar refractivity (Wildman–Crippen MR) is 168 cm³/mol. The number of nitrogens with one attached hydrogen (secondary N) is 1. The van der Waals surface area contributed by atoms with E-state index in [2.05, 4.69) is 17.4 Å². The minimum absolute atomic E-state index is 0. The third-order valence-corrected chi connectivity index (χ3v) is 8.10. The van der Waals surface area contributed by atoms with Crippen LogP contribution in [0.4, 0.5) is 4.39 Å². The van der Waals surface area contributed by atoms with Crippen LogP contribution in [0, 0.1) is 11.7 Å². The lowest BCUT2D eigenvalue weighted by molar-refractivity contribution is 0.101. The second kappa shape index (κ2) is 17.0. The Labute approximate surface area is 247 Å². The molecule has 41 heavy (non-hydrogen) atoms. The van der Waals surface area contributed by atoms with Crippen LogP contribution in [0.1, 0.15) is 88.3 Å². The first-order valence-electron chi connectivity index (χ1n) is 14.7. The van der Waals surface area contributed by atoms with Crippen molar-refractivity contribution in [2.45, 2.75) is 71.1 Å². The Morgan fingerprint density at radius 3 is 2.00 bits per heavy atom. The van der Waals surface area contributed by atoms with E-state index in [9.17, 15) is 17.6 Å². The summed E-state index contributed by atoms with van der Waals surface area (Å²) in [6, 6.07) is 20.3. The van der Waals surface area contributed by atoms with Crippen LogP contribution in [-0.4, -0.2) is 40.2 Å². The summed E-state index contributed by atoms with van der Waals surface area (Å²) in [5, 5.41) is 3.19. The van der Waals surface area contributed by atoms with Gasteiger partial charge in [-0.1, -0.05) is 76.6 Å². The van der Waals surface area contributed by atoms with Gasteiger partial charge in [0.25, 0.3) is 0 Å². The molecule has 1 aliphatic heterocycles. The largest absolute Gasteiger partial charge is 0.493 e. The summed E-state index contributed by atoms with van der Waals surface area (Å²) in [5.41, 5.74) is 3.53. The average Bonchev–Trinajstić information content (AvgIpc) is 2.91. The maximum atomic E-state index is 14.0. The Hall–Kier alpha value is -3.03. The summed E-state index contributed by atoms with van der Waals surface area (Å²) in [7, 11) is -3.09. The fraction of sp³-hybridized carbons (Fsp3) is 0.441. The number of hydrogen-bond donors (Lipinski definition) is 1. The molecule has 226 valence electrons. The van der Waals surface area contributed by atoms with Gasteiger partial charge in [0.15, 0.2) is 15.6 Å². The van der Waals surface area contributed by atoms with E-state index in [1.165, 1.54) is 31.2 Å². The molecule has 5 rings (SSSR count). The van der Waals surface area contributed by atoms with Crippen LogP contribution in [0.25, 0.3) is 0 Å². The van der Waals surface area contributed by atoms with E-state index in [0.29, 0.717) is 29.1 Å². The number of carbonyl (C=O) groups is 1. The molecule has 0 spiro atoms. The average molecular weight is 586 g/mol. The highest BCUT2D eigenvalue weighted by atomic mass is 32.2. The predicted octanol–water partition coefficient (Wildman–Crippen LogP) is 7.87. The van der Waals surface area contributed by atoms with E-state index in [1.54, 1.807) is 18.2 Å². The number of rotatable bonds is 8. The van der Waals surface area contributed by atoms with Crippen LogP contribution >= 0.6 is 0 Å². The number of sulfone groups is 1. The highest BCUT2D eigenvalue weighted by Gasteiger charge is 2.26. The first kappa shape index (κ1) is 34.2. The molecule has 0 aromatic heterocycles. The van der Waals surface area contributed by atoms with Crippen molar-refractivity contribution in [3.05, 3.63) is 94.8 Å². The maximum absolute atomic E-state index is 14.0. The van der Waals surface area contributed by atoms with Crippen molar-refractivity contribution >= 4 is 15.6 Å². The topological polar surface area (TPSA) is 72.5 Å². The van der Waals surface area contributed by atoms with Crippen molar-refractivity contribution in [3.63, 3.8) is 0 Å². The van der Waals surface area contributed by atoms with Crippen molar-refractivity contribution in [1.29, 1.82) is 0 Å². The Morgan fingerprint density at radius 1 is 0.951 bits per heavy atom. The van der Waals surface area contributed by atoms with E-state index in [-0.39, 0.29) is 12.8 Å². The van der Waals surface area contributed by atoms with E-state index in [4.69, 9.17) is 4.74 Å². The molecule has 3 aromatic carbocycles. The normalized spacial score (nSPS) is 14.4. The molecule has 0 bridgehead atoms. The quantitative estimate of drug-likeness (QED) is 0.272. The zero-order valence-corrected chi connectivity index (χ0v) is 26.2. The summed E-state index contributed by atoms with van der Waals surface area (Å²) >= 11 is 0.